The van der Waals surface area contributed by atoms with Crippen LogP contribution in [0.3, 0.4) is 0 Å². The number of likely N-dealkylation sites (N-methyl/N-ethyl adjacent to an activating group) is 1. The first-order valence-corrected chi connectivity index (χ1v) is 10.0. The van der Waals surface area contributed by atoms with E-state index in [2.05, 4.69) is 15.5 Å². The second kappa shape index (κ2) is 10.2. The van der Waals surface area contributed by atoms with Gasteiger partial charge in [0.05, 0.1) is 6.61 Å². The Morgan fingerprint density at radius 1 is 1.10 bits per heavy atom. The summed E-state index contributed by atoms with van der Waals surface area (Å²) < 4.78 is 13.3. The fraction of sp³-hybridized carbons (Fsp3) is 0.364. The van der Waals surface area contributed by atoms with E-state index in [9.17, 15) is 14.0 Å². The standard InChI is InChI=1S/C22H27FN4O3/c1-26(12-13-28)20-8-10-27(11-9-20)22(30)25-18-6-2-4-16(14-18)21(29)24-19-7-3-5-17(23)15-19/h2-7,14-15,20,28H,8-13H2,1H3,(H,24,29)(H,25,30). The lowest BCUT2D eigenvalue weighted by Gasteiger charge is -2.36. The van der Waals surface area contributed by atoms with Gasteiger partial charge in [-0.25, -0.2) is 9.18 Å². The minimum Gasteiger partial charge on any atom is -0.395 e. The van der Waals surface area contributed by atoms with Crippen LogP contribution in [0.15, 0.2) is 48.5 Å². The summed E-state index contributed by atoms with van der Waals surface area (Å²) in [6.07, 6.45) is 1.69. The predicted octanol–water partition coefficient (Wildman–Crippen LogP) is 3.00. The van der Waals surface area contributed by atoms with Crippen molar-refractivity contribution < 1.29 is 19.1 Å². The van der Waals surface area contributed by atoms with Gasteiger partial charge in [0.25, 0.3) is 5.91 Å². The third-order valence-corrected chi connectivity index (χ3v) is 5.29. The van der Waals surface area contributed by atoms with E-state index in [4.69, 9.17) is 5.11 Å². The molecule has 0 bridgehead atoms. The number of halogens is 1. The number of hydrogen-bond acceptors (Lipinski definition) is 4. The number of piperidine rings is 1. The zero-order chi connectivity index (χ0) is 21.5. The Morgan fingerprint density at radius 3 is 2.43 bits per heavy atom. The molecule has 0 radical (unpaired) electrons. The molecule has 8 heteroatoms. The number of hydrogen-bond donors (Lipinski definition) is 3. The first-order valence-electron chi connectivity index (χ1n) is 10.0. The molecule has 3 amide bonds. The lowest BCUT2D eigenvalue weighted by atomic mass is 10.0. The summed E-state index contributed by atoms with van der Waals surface area (Å²) >= 11 is 0. The number of nitrogens with one attached hydrogen (secondary N) is 2. The van der Waals surface area contributed by atoms with Gasteiger partial charge in [-0.3, -0.25) is 4.79 Å². The maximum absolute atomic E-state index is 13.3. The van der Waals surface area contributed by atoms with Crippen molar-refractivity contribution in [3.63, 3.8) is 0 Å². The molecule has 0 spiro atoms. The van der Waals surface area contributed by atoms with Gasteiger partial charge in [0.15, 0.2) is 0 Å². The van der Waals surface area contributed by atoms with Crippen LogP contribution >= 0.6 is 0 Å². The highest BCUT2D eigenvalue weighted by molar-refractivity contribution is 6.05. The molecule has 0 atom stereocenters. The molecule has 3 rings (SSSR count). The van der Waals surface area contributed by atoms with Gasteiger partial charge in [0.2, 0.25) is 0 Å². The second-order valence-corrected chi connectivity index (χ2v) is 7.40. The third-order valence-electron chi connectivity index (χ3n) is 5.29. The highest BCUT2D eigenvalue weighted by Gasteiger charge is 2.25. The molecule has 160 valence electrons. The summed E-state index contributed by atoms with van der Waals surface area (Å²) in [4.78, 5) is 28.9. The van der Waals surface area contributed by atoms with E-state index in [1.54, 1.807) is 35.2 Å². The molecule has 0 aromatic heterocycles. The summed E-state index contributed by atoms with van der Waals surface area (Å²) in [6.45, 7) is 2.01. The van der Waals surface area contributed by atoms with E-state index in [1.807, 2.05) is 7.05 Å². The number of aliphatic hydroxyl groups excluding tert-OH is 1. The fourth-order valence-corrected chi connectivity index (χ4v) is 3.56. The Hall–Kier alpha value is -2.97. The SMILES string of the molecule is CN(CCO)C1CCN(C(=O)Nc2cccc(C(=O)Nc3cccc(F)c3)c2)CC1. The average molecular weight is 414 g/mol. The number of carbonyl (C=O) groups excluding carboxylic acids is 2. The van der Waals surface area contributed by atoms with Gasteiger partial charge in [-0.05, 0) is 56.3 Å². The van der Waals surface area contributed by atoms with Gasteiger partial charge in [-0.2, -0.15) is 0 Å². The smallest absolute Gasteiger partial charge is 0.321 e. The van der Waals surface area contributed by atoms with E-state index in [-0.39, 0.29) is 18.5 Å². The molecule has 2 aromatic rings. The zero-order valence-electron chi connectivity index (χ0n) is 17.0. The topological polar surface area (TPSA) is 84.9 Å². The van der Waals surface area contributed by atoms with Crippen LogP contribution < -0.4 is 10.6 Å². The van der Waals surface area contributed by atoms with Crippen LogP contribution in [0, 0.1) is 5.82 Å². The zero-order valence-corrected chi connectivity index (χ0v) is 17.0. The number of carbonyl (C=O) groups is 2. The van der Waals surface area contributed by atoms with Crippen molar-refractivity contribution in [2.45, 2.75) is 18.9 Å². The molecule has 0 saturated carbocycles. The van der Waals surface area contributed by atoms with Crippen LogP contribution in [0.2, 0.25) is 0 Å². The number of rotatable bonds is 6. The second-order valence-electron chi connectivity index (χ2n) is 7.40. The molecule has 3 N–H and O–H groups in total. The van der Waals surface area contributed by atoms with Crippen molar-refractivity contribution in [3.05, 3.63) is 59.9 Å². The Labute approximate surface area is 175 Å². The van der Waals surface area contributed by atoms with E-state index < -0.39 is 5.82 Å². The van der Waals surface area contributed by atoms with Crippen molar-refractivity contribution in [1.29, 1.82) is 0 Å². The Bertz CT molecular complexity index is 884. The molecule has 1 aliphatic rings. The summed E-state index contributed by atoms with van der Waals surface area (Å²) in [5, 5.41) is 14.6. The number of likely N-dealkylation sites (tertiary alicyclic amines) is 1. The quantitative estimate of drug-likeness (QED) is 0.679. The maximum Gasteiger partial charge on any atom is 0.321 e. The normalized spacial score (nSPS) is 14.6. The molecule has 0 aliphatic carbocycles. The van der Waals surface area contributed by atoms with Crippen LogP contribution in [-0.4, -0.2) is 66.2 Å². The monoisotopic (exact) mass is 414 g/mol. The molecule has 1 fully saturated rings. The summed E-state index contributed by atoms with van der Waals surface area (Å²) in [5.74, 6) is -0.815. The highest BCUT2D eigenvalue weighted by Crippen LogP contribution is 2.18. The summed E-state index contributed by atoms with van der Waals surface area (Å²) in [5.41, 5.74) is 1.25. The number of anilines is 2. The van der Waals surface area contributed by atoms with Crippen molar-refractivity contribution in [3.8, 4) is 0 Å². The molecule has 1 heterocycles. The van der Waals surface area contributed by atoms with Crippen LogP contribution in [0.1, 0.15) is 23.2 Å². The van der Waals surface area contributed by atoms with Crippen LogP contribution in [-0.2, 0) is 0 Å². The maximum atomic E-state index is 13.3. The van der Waals surface area contributed by atoms with Gasteiger partial charge in [0, 0.05) is 42.6 Å². The minimum absolute atomic E-state index is 0.125. The van der Waals surface area contributed by atoms with Gasteiger partial charge in [-0.15, -0.1) is 0 Å². The van der Waals surface area contributed by atoms with E-state index >= 15 is 0 Å². The lowest BCUT2D eigenvalue weighted by Crippen LogP contribution is -2.47. The van der Waals surface area contributed by atoms with Crippen molar-refractivity contribution >= 4 is 23.3 Å². The number of aliphatic hydroxyl groups is 1. The summed E-state index contributed by atoms with van der Waals surface area (Å²) in [6, 6.07) is 12.5. The molecule has 2 aromatic carbocycles. The van der Waals surface area contributed by atoms with Crippen LogP contribution in [0.4, 0.5) is 20.6 Å². The third kappa shape index (κ3) is 5.77. The van der Waals surface area contributed by atoms with Gasteiger partial charge in [0.1, 0.15) is 5.82 Å². The molecule has 0 unspecified atom stereocenters. The fourth-order valence-electron chi connectivity index (χ4n) is 3.56. The first kappa shape index (κ1) is 21.7. The average Bonchev–Trinajstić information content (AvgIpc) is 2.74. The Kier molecular flexibility index (Phi) is 7.37. The van der Waals surface area contributed by atoms with Gasteiger partial charge < -0.3 is 25.5 Å². The summed E-state index contributed by atoms with van der Waals surface area (Å²) in [7, 11) is 1.98. The van der Waals surface area contributed by atoms with Gasteiger partial charge in [-0.1, -0.05) is 12.1 Å². The molecule has 30 heavy (non-hydrogen) atoms. The van der Waals surface area contributed by atoms with Crippen molar-refractivity contribution in [1.82, 2.24) is 9.80 Å². The lowest BCUT2D eigenvalue weighted by molar-refractivity contribution is 0.102. The van der Waals surface area contributed by atoms with E-state index in [0.29, 0.717) is 42.6 Å². The molecular formula is C22H27FN4O3. The van der Waals surface area contributed by atoms with Crippen molar-refractivity contribution in [2.24, 2.45) is 0 Å². The first-order chi connectivity index (χ1) is 14.5. The number of nitrogens with zero attached hydrogens (tertiary/aromatic N) is 2. The van der Waals surface area contributed by atoms with Crippen LogP contribution in [0.5, 0.6) is 0 Å². The molecular weight excluding hydrogens is 387 g/mol. The number of amides is 3. The molecule has 1 aliphatic heterocycles. The number of urea groups is 1. The minimum atomic E-state index is -0.430. The van der Waals surface area contributed by atoms with Gasteiger partial charge >= 0.3 is 6.03 Å². The Balaban J connectivity index is 1.56. The molecule has 1 saturated heterocycles. The molecule has 7 nitrogen and oxygen atoms in total. The Morgan fingerprint density at radius 2 is 1.77 bits per heavy atom. The van der Waals surface area contributed by atoms with Crippen molar-refractivity contribution in [2.75, 3.05) is 43.9 Å². The van der Waals surface area contributed by atoms with E-state index in [1.165, 1.54) is 18.2 Å². The highest BCUT2D eigenvalue weighted by atomic mass is 19.1. The number of benzene rings is 2. The largest absolute Gasteiger partial charge is 0.395 e. The van der Waals surface area contributed by atoms with Crippen LogP contribution in [0.25, 0.3) is 0 Å². The van der Waals surface area contributed by atoms with E-state index in [0.717, 1.165) is 12.8 Å². The predicted molar refractivity (Wildman–Crippen MR) is 114 cm³/mol.